The van der Waals surface area contributed by atoms with Crippen LogP contribution in [0, 0.1) is 0 Å². The summed E-state index contributed by atoms with van der Waals surface area (Å²) in [4.78, 5) is 0. The van der Waals surface area contributed by atoms with E-state index in [0.717, 1.165) is 44.9 Å². The van der Waals surface area contributed by atoms with Gasteiger partial charge in [0, 0.05) is 13.2 Å². The fourth-order valence-corrected chi connectivity index (χ4v) is 1.68. The minimum absolute atomic E-state index is 0.804. The molecule has 0 spiro atoms. The van der Waals surface area contributed by atoms with Crippen molar-refractivity contribution < 1.29 is 9.47 Å². The molecule has 0 aliphatic carbocycles. The van der Waals surface area contributed by atoms with Gasteiger partial charge in [0.05, 0.1) is 13.7 Å². The molecule has 1 rings (SSSR count). The van der Waals surface area contributed by atoms with Crippen LogP contribution in [0.1, 0.15) is 25.3 Å². The molecule has 3 heteroatoms. The van der Waals surface area contributed by atoms with Crippen LogP contribution in [-0.4, -0.2) is 33.4 Å². The van der Waals surface area contributed by atoms with Gasteiger partial charge in [-0.2, -0.15) is 0 Å². The normalized spacial score (nSPS) is 10.6. The Labute approximate surface area is 110 Å². The summed E-state index contributed by atoms with van der Waals surface area (Å²) in [5, 5.41) is 3.38. The first-order chi connectivity index (χ1) is 8.86. The summed E-state index contributed by atoms with van der Waals surface area (Å²) in [6.07, 6.45) is 3.37. The van der Waals surface area contributed by atoms with E-state index in [2.05, 4.69) is 24.4 Å². The first-order valence-corrected chi connectivity index (χ1v) is 6.78. The molecule has 0 radical (unpaired) electrons. The highest BCUT2D eigenvalue weighted by Crippen LogP contribution is 2.12. The van der Waals surface area contributed by atoms with E-state index in [0.29, 0.717) is 0 Å². The molecule has 0 bridgehead atoms. The molecule has 0 atom stereocenters. The van der Waals surface area contributed by atoms with Crippen LogP contribution in [0.3, 0.4) is 0 Å². The average molecular weight is 251 g/mol. The standard InChI is InChI=1S/C15H25NO2/c1-3-4-11-18-12-10-16-9-8-14-6-5-7-15(13-14)17-2/h5-7,13,16H,3-4,8-12H2,1-2H3. The summed E-state index contributed by atoms with van der Waals surface area (Å²) in [5.41, 5.74) is 1.30. The lowest BCUT2D eigenvalue weighted by Crippen LogP contribution is -2.22. The smallest absolute Gasteiger partial charge is 0.119 e. The maximum Gasteiger partial charge on any atom is 0.119 e. The van der Waals surface area contributed by atoms with Crippen molar-refractivity contribution in [1.82, 2.24) is 5.32 Å². The molecule has 0 aliphatic rings. The molecule has 0 amide bonds. The van der Waals surface area contributed by atoms with E-state index in [1.165, 1.54) is 12.0 Å². The molecule has 0 heterocycles. The van der Waals surface area contributed by atoms with Crippen LogP contribution in [0.2, 0.25) is 0 Å². The zero-order valence-corrected chi connectivity index (χ0v) is 11.6. The van der Waals surface area contributed by atoms with E-state index in [1.807, 2.05) is 12.1 Å². The predicted octanol–water partition coefficient (Wildman–Crippen LogP) is 2.64. The topological polar surface area (TPSA) is 30.5 Å². The van der Waals surface area contributed by atoms with Gasteiger partial charge in [0.1, 0.15) is 5.75 Å². The Morgan fingerprint density at radius 1 is 1.17 bits per heavy atom. The number of nitrogens with one attached hydrogen (secondary N) is 1. The van der Waals surface area contributed by atoms with Crippen molar-refractivity contribution in [1.29, 1.82) is 0 Å². The zero-order chi connectivity index (χ0) is 13.1. The Morgan fingerprint density at radius 2 is 2.06 bits per heavy atom. The van der Waals surface area contributed by atoms with E-state index in [4.69, 9.17) is 9.47 Å². The van der Waals surface area contributed by atoms with Crippen LogP contribution in [0.15, 0.2) is 24.3 Å². The minimum atomic E-state index is 0.804. The predicted molar refractivity (Wildman–Crippen MR) is 75.3 cm³/mol. The number of ether oxygens (including phenoxy) is 2. The van der Waals surface area contributed by atoms with Crippen LogP contribution >= 0.6 is 0 Å². The van der Waals surface area contributed by atoms with Gasteiger partial charge in [0.2, 0.25) is 0 Å². The van der Waals surface area contributed by atoms with Gasteiger partial charge < -0.3 is 14.8 Å². The van der Waals surface area contributed by atoms with Gasteiger partial charge in [0.15, 0.2) is 0 Å². The van der Waals surface area contributed by atoms with Crippen molar-refractivity contribution in [3.63, 3.8) is 0 Å². The van der Waals surface area contributed by atoms with Crippen molar-refractivity contribution in [3.8, 4) is 5.75 Å². The second-order valence-corrected chi connectivity index (χ2v) is 4.32. The molecule has 0 fully saturated rings. The van der Waals surface area contributed by atoms with Crippen LogP contribution in [0.25, 0.3) is 0 Å². The molecule has 0 saturated heterocycles. The molecular weight excluding hydrogens is 226 g/mol. The number of rotatable bonds is 10. The molecule has 1 aromatic rings. The van der Waals surface area contributed by atoms with E-state index < -0.39 is 0 Å². The van der Waals surface area contributed by atoms with Gasteiger partial charge in [-0.05, 0) is 37.1 Å². The third-order valence-electron chi connectivity index (χ3n) is 2.79. The van der Waals surface area contributed by atoms with Crippen molar-refractivity contribution in [2.45, 2.75) is 26.2 Å². The van der Waals surface area contributed by atoms with E-state index >= 15 is 0 Å². The van der Waals surface area contributed by atoms with E-state index in [-0.39, 0.29) is 0 Å². The molecule has 18 heavy (non-hydrogen) atoms. The van der Waals surface area contributed by atoms with Gasteiger partial charge >= 0.3 is 0 Å². The number of hydrogen-bond acceptors (Lipinski definition) is 3. The van der Waals surface area contributed by atoms with Crippen LogP contribution < -0.4 is 10.1 Å². The largest absolute Gasteiger partial charge is 0.497 e. The Balaban J connectivity index is 2.03. The fraction of sp³-hybridized carbons (Fsp3) is 0.600. The SMILES string of the molecule is CCCCOCCNCCc1cccc(OC)c1. The molecule has 3 nitrogen and oxygen atoms in total. The first kappa shape index (κ1) is 15.0. The lowest BCUT2D eigenvalue weighted by Gasteiger charge is -2.07. The van der Waals surface area contributed by atoms with Crippen molar-refractivity contribution in [2.24, 2.45) is 0 Å². The first-order valence-electron chi connectivity index (χ1n) is 6.78. The Hall–Kier alpha value is -1.06. The Bertz CT molecular complexity index is 315. The molecule has 0 aromatic heterocycles. The third-order valence-corrected chi connectivity index (χ3v) is 2.79. The summed E-state index contributed by atoms with van der Waals surface area (Å²) in [6.45, 7) is 5.76. The molecule has 0 aliphatic heterocycles. The Morgan fingerprint density at radius 3 is 2.83 bits per heavy atom. The van der Waals surface area contributed by atoms with Gasteiger partial charge in [-0.1, -0.05) is 25.5 Å². The fourth-order valence-electron chi connectivity index (χ4n) is 1.68. The highest BCUT2D eigenvalue weighted by molar-refractivity contribution is 5.28. The van der Waals surface area contributed by atoms with Crippen molar-refractivity contribution in [3.05, 3.63) is 29.8 Å². The molecule has 102 valence electrons. The molecule has 1 aromatic carbocycles. The van der Waals surface area contributed by atoms with Crippen LogP contribution in [0.4, 0.5) is 0 Å². The summed E-state index contributed by atoms with van der Waals surface area (Å²) in [7, 11) is 1.70. The summed E-state index contributed by atoms with van der Waals surface area (Å²) in [6, 6.07) is 8.21. The third kappa shape index (κ3) is 6.62. The number of methoxy groups -OCH3 is 1. The van der Waals surface area contributed by atoms with Gasteiger partial charge in [0.25, 0.3) is 0 Å². The van der Waals surface area contributed by atoms with Gasteiger partial charge in [-0.15, -0.1) is 0 Å². The van der Waals surface area contributed by atoms with Crippen molar-refractivity contribution >= 4 is 0 Å². The molecule has 0 unspecified atom stereocenters. The van der Waals surface area contributed by atoms with Crippen LogP contribution in [-0.2, 0) is 11.2 Å². The lowest BCUT2D eigenvalue weighted by molar-refractivity contribution is 0.133. The highest BCUT2D eigenvalue weighted by Gasteiger charge is 1.95. The van der Waals surface area contributed by atoms with Gasteiger partial charge in [-0.25, -0.2) is 0 Å². The number of benzene rings is 1. The molecular formula is C15H25NO2. The lowest BCUT2D eigenvalue weighted by atomic mass is 10.1. The summed E-state index contributed by atoms with van der Waals surface area (Å²) < 4.78 is 10.7. The average Bonchev–Trinajstić information content (AvgIpc) is 2.42. The minimum Gasteiger partial charge on any atom is -0.497 e. The van der Waals surface area contributed by atoms with E-state index in [9.17, 15) is 0 Å². The maximum atomic E-state index is 5.48. The van der Waals surface area contributed by atoms with Crippen LogP contribution in [0.5, 0.6) is 5.75 Å². The number of hydrogen-bond donors (Lipinski definition) is 1. The molecule has 1 N–H and O–H groups in total. The summed E-state index contributed by atoms with van der Waals surface area (Å²) >= 11 is 0. The van der Waals surface area contributed by atoms with Crippen molar-refractivity contribution in [2.75, 3.05) is 33.4 Å². The van der Waals surface area contributed by atoms with E-state index in [1.54, 1.807) is 7.11 Å². The second-order valence-electron chi connectivity index (χ2n) is 4.32. The summed E-state index contributed by atoms with van der Waals surface area (Å²) in [5.74, 6) is 0.926. The van der Waals surface area contributed by atoms with Gasteiger partial charge in [-0.3, -0.25) is 0 Å². The maximum absolute atomic E-state index is 5.48. The molecule has 0 saturated carbocycles. The Kier molecular flexibility index (Phi) is 8.26. The second kappa shape index (κ2) is 9.92. The number of unbranched alkanes of at least 4 members (excludes halogenated alkanes) is 1. The monoisotopic (exact) mass is 251 g/mol. The zero-order valence-electron chi connectivity index (χ0n) is 11.6. The quantitative estimate of drug-likeness (QED) is 0.648. The highest BCUT2D eigenvalue weighted by atomic mass is 16.5.